The fraction of sp³-hybridized carbons (Fsp3) is 0.667. The van der Waals surface area contributed by atoms with Crippen LogP contribution in [0.3, 0.4) is 0 Å². The second-order valence-electron chi connectivity index (χ2n) is 5.17. The third-order valence-corrected chi connectivity index (χ3v) is 3.66. The molecular weight excluding hydrogens is 222 g/mol. The summed E-state index contributed by atoms with van der Waals surface area (Å²) in [5.41, 5.74) is 0.333. The summed E-state index contributed by atoms with van der Waals surface area (Å²) in [6, 6.07) is 4.14. The Hall–Kier alpha value is -0.830. The average molecular weight is 240 g/mol. The first-order chi connectivity index (χ1) is 7.58. The maximum Gasteiger partial charge on any atom is 0.151 e. The summed E-state index contributed by atoms with van der Waals surface area (Å²) in [4.78, 5) is 0. The Morgan fingerprint density at radius 1 is 1.31 bits per heavy atom. The zero-order chi connectivity index (χ0) is 11.6. The number of aromatic nitrogens is 2. The zero-order valence-corrected chi connectivity index (χ0v) is 10.6. The van der Waals surface area contributed by atoms with Gasteiger partial charge in [0.05, 0.1) is 0 Å². The molecule has 4 heteroatoms. The van der Waals surface area contributed by atoms with Crippen LogP contribution in [0, 0.1) is 5.41 Å². The Bertz CT molecular complexity index is 348. The smallest absolute Gasteiger partial charge is 0.151 e. The van der Waals surface area contributed by atoms with E-state index in [-0.39, 0.29) is 0 Å². The van der Waals surface area contributed by atoms with E-state index in [1.807, 2.05) is 6.07 Å². The van der Waals surface area contributed by atoms with Crippen LogP contribution in [-0.4, -0.2) is 16.2 Å². The van der Waals surface area contributed by atoms with Gasteiger partial charge in [0, 0.05) is 6.04 Å². The normalized spacial score (nSPS) is 24.1. The monoisotopic (exact) mass is 239 g/mol. The molecule has 0 amide bonds. The van der Waals surface area contributed by atoms with Gasteiger partial charge in [0.25, 0.3) is 0 Å². The lowest BCUT2D eigenvalue weighted by molar-refractivity contribution is 0.216. The van der Waals surface area contributed by atoms with Crippen LogP contribution in [0.5, 0.6) is 0 Å². The van der Waals surface area contributed by atoms with E-state index in [1.165, 1.54) is 25.7 Å². The van der Waals surface area contributed by atoms with E-state index >= 15 is 0 Å². The first kappa shape index (κ1) is 11.6. The summed E-state index contributed by atoms with van der Waals surface area (Å²) in [6.07, 6.45) is 5.10. The number of anilines is 1. The molecule has 1 N–H and O–H groups in total. The van der Waals surface area contributed by atoms with Crippen LogP contribution in [0.1, 0.15) is 39.5 Å². The zero-order valence-electron chi connectivity index (χ0n) is 9.83. The fourth-order valence-electron chi connectivity index (χ4n) is 2.33. The molecule has 0 aliphatic heterocycles. The molecule has 0 aromatic carbocycles. The standard InChI is InChI=1S/C12H18ClN3/c1-12(2)8-4-3-5-9(12)14-11-7-6-10(13)15-16-11/h6-7,9H,3-5,8H2,1-2H3,(H,14,16). The van der Waals surface area contributed by atoms with Crippen molar-refractivity contribution in [1.29, 1.82) is 0 Å². The number of hydrogen-bond acceptors (Lipinski definition) is 3. The predicted octanol–water partition coefficient (Wildman–Crippen LogP) is 3.51. The van der Waals surface area contributed by atoms with Crippen molar-refractivity contribution in [2.45, 2.75) is 45.6 Å². The molecule has 16 heavy (non-hydrogen) atoms. The van der Waals surface area contributed by atoms with Crippen molar-refractivity contribution in [3.8, 4) is 0 Å². The summed E-state index contributed by atoms with van der Waals surface area (Å²) in [5.74, 6) is 0.823. The van der Waals surface area contributed by atoms with Crippen LogP contribution in [0.15, 0.2) is 12.1 Å². The largest absolute Gasteiger partial charge is 0.365 e. The Morgan fingerprint density at radius 3 is 2.75 bits per heavy atom. The summed E-state index contributed by atoms with van der Waals surface area (Å²) in [5, 5.41) is 11.8. The summed E-state index contributed by atoms with van der Waals surface area (Å²) >= 11 is 5.71. The summed E-state index contributed by atoms with van der Waals surface area (Å²) in [6.45, 7) is 4.63. The van der Waals surface area contributed by atoms with Crippen LogP contribution in [0.25, 0.3) is 0 Å². The Labute approximate surface area is 102 Å². The molecule has 1 atom stereocenters. The minimum atomic E-state index is 0.333. The van der Waals surface area contributed by atoms with Gasteiger partial charge in [-0.1, -0.05) is 38.3 Å². The molecule has 1 fully saturated rings. The van der Waals surface area contributed by atoms with E-state index in [0.717, 1.165) is 5.82 Å². The second-order valence-corrected chi connectivity index (χ2v) is 5.56. The van der Waals surface area contributed by atoms with Crippen molar-refractivity contribution < 1.29 is 0 Å². The van der Waals surface area contributed by atoms with Crippen LogP contribution in [0.4, 0.5) is 5.82 Å². The Balaban J connectivity index is 2.05. The molecule has 1 unspecified atom stereocenters. The van der Waals surface area contributed by atoms with Gasteiger partial charge in [-0.2, -0.15) is 0 Å². The van der Waals surface area contributed by atoms with Crippen molar-refractivity contribution in [2.24, 2.45) is 5.41 Å². The molecule has 3 nitrogen and oxygen atoms in total. The molecule has 0 saturated heterocycles. The van der Waals surface area contributed by atoms with Crippen LogP contribution >= 0.6 is 11.6 Å². The highest BCUT2D eigenvalue weighted by atomic mass is 35.5. The minimum Gasteiger partial charge on any atom is -0.365 e. The fourth-order valence-corrected chi connectivity index (χ4v) is 2.43. The van der Waals surface area contributed by atoms with Gasteiger partial charge in [0.15, 0.2) is 5.15 Å². The van der Waals surface area contributed by atoms with Gasteiger partial charge in [-0.15, -0.1) is 10.2 Å². The van der Waals surface area contributed by atoms with E-state index in [2.05, 4.69) is 29.4 Å². The van der Waals surface area contributed by atoms with Crippen LogP contribution in [-0.2, 0) is 0 Å². The quantitative estimate of drug-likeness (QED) is 0.858. The van der Waals surface area contributed by atoms with Gasteiger partial charge in [0.2, 0.25) is 0 Å². The summed E-state index contributed by atoms with van der Waals surface area (Å²) in [7, 11) is 0. The molecular formula is C12H18ClN3. The van der Waals surface area contributed by atoms with Gasteiger partial charge in [-0.3, -0.25) is 0 Å². The molecule has 1 heterocycles. The molecule has 0 radical (unpaired) electrons. The topological polar surface area (TPSA) is 37.8 Å². The predicted molar refractivity (Wildman–Crippen MR) is 66.7 cm³/mol. The maximum atomic E-state index is 5.71. The van der Waals surface area contributed by atoms with Gasteiger partial charge >= 0.3 is 0 Å². The minimum absolute atomic E-state index is 0.333. The van der Waals surface area contributed by atoms with Crippen molar-refractivity contribution in [1.82, 2.24) is 10.2 Å². The first-order valence-corrected chi connectivity index (χ1v) is 6.21. The molecule has 1 aliphatic carbocycles. The highest BCUT2D eigenvalue weighted by Gasteiger charge is 2.32. The molecule has 1 aromatic rings. The van der Waals surface area contributed by atoms with Gasteiger partial charge in [-0.25, -0.2) is 0 Å². The number of nitrogens with one attached hydrogen (secondary N) is 1. The van der Waals surface area contributed by atoms with Crippen LogP contribution in [0.2, 0.25) is 5.15 Å². The van der Waals surface area contributed by atoms with E-state index in [1.54, 1.807) is 6.07 Å². The SMILES string of the molecule is CC1(C)CCCCC1Nc1ccc(Cl)nn1. The molecule has 1 aliphatic rings. The number of nitrogens with zero attached hydrogens (tertiary/aromatic N) is 2. The third-order valence-electron chi connectivity index (χ3n) is 3.46. The molecule has 2 rings (SSSR count). The van der Waals surface area contributed by atoms with Gasteiger partial charge in [-0.05, 0) is 30.4 Å². The maximum absolute atomic E-state index is 5.71. The van der Waals surface area contributed by atoms with Gasteiger partial charge < -0.3 is 5.32 Å². The lowest BCUT2D eigenvalue weighted by Gasteiger charge is -2.39. The number of halogens is 1. The Kier molecular flexibility index (Phi) is 3.33. The molecule has 88 valence electrons. The van der Waals surface area contributed by atoms with Crippen molar-refractivity contribution in [3.05, 3.63) is 17.3 Å². The van der Waals surface area contributed by atoms with Crippen molar-refractivity contribution in [2.75, 3.05) is 5.32 Å². The van der Waals surface area contributed by atoms with Crippen molar-refractivity contribution in [3.63, 3.8) is 0 Å². The van der Waals surface area contributed by atoms with Gasteiger partial charge in [0.1, 0.15) is 5.82 Å². The molecule has 0 spiro atoms. The number of hydrogen-bond donors (Lipinski definition) is 1. The van der Waals surface area contributed by atoms with E-state index in [0.29, 0.717) is 16.6 Å². The van der Waals surface area contributed by atoms with Crippen LogP contribution < -0.4 is 5.32 Å². The number of rotatable bonds is 2. The lowest BCUT2D eigenvalue weighted by atomic mass is 9.73. The lowest BCUT2D eigenvalue weighted by Crippen LogP contribution is -2.39. The van der Waals surface area contributed by atoms with E-state index < -0.39 is 0 Å². The van der Waals surface area contributed by atoms with E-state index in [4.69, 9.17) is 11.6 Å². The highest BCUT2D eigenvalue weighted by Crippen LogP contribution is 2.36. The average Bonchev–Trinajstić information content (AvgIpc) is 2.24. The highest BCUT2D eigenvalue weighted by molar-refractivity contribution is 6.29. The third kappa shape index (κ3) is 2.64. The summed E-state index contributed by atoms with van der Waals surface area (Å²) < 4.78 is 0. The van der Waals surface area contributed by atoms with Crippen molar-refractivity contribution >= 4 is 17.4 Å². The molecule has 1 saturated carbocycles. The van der Waals surface area contributed by atoms with E-state index in [9.17, 15) is 0 Å². The molecule has 1 aromatic heterocycles. The second kappa shape index (κ2) is 4.58. The first-order valence-electron chi connectivity index (χ1n) is 5.84. The molecule has 0 bridgehead atoms. The Morgan fingerprint density at radius 2 is 2.12 bits per heavy atom.